The summed E-state index contributed by atoms with van der Waals surface area (Å²) in [7, 11) is 0. The molecule has 0 amide bonds. The second-order valence-electron chi connectivity index (χ2n) is 4.25. The lowest BCUT2D eigenvalue weighted by Gasteiger charge is -2.01. The van der Waals surface area contributed by atoms with E-state index in [0.29, 0.717) is 0 Å². The Morgan fingerprint density at radius 1 is 1.41 bits per heavy atom. The van der Waals surface area contributed by atoms with Crippen LogP contribution in [0.1, 0.15) is 13.8 Å². The van der Waals surface area contributed by atoms with Crippen LogP contribution in [0.3, 0.4) is 0 Å². The number of rotatable bonds is 3. The number of nitrogens with zero attached hydrogens (tertiary/aromatic N) is 2. The van der Waals surface area contributed by atoms with Crippen molar-refractivity contribution in [2.45, 2.75) is 20.4 Å². The Hall–Kier alpha value is -2.10. The fourth-order valence-electron chi connectivity index (χ4n) is 1.74. The van der Waals surface area contributed by atoms with Crippen LogP contribution in [0.25, 0.3) is 10.9 Å². The molecule has 2 rings (SSSR count). The highest BCUT2D eigenvalue weighted by Crippen LogP contribution is 2.21. The topological polar surface area (TPSA) is 48.1 Å². The van der Waals surface area contributed by atoms with E-state index in [9.17, 15) is 10.1 Å². The number of benzene rings is 1. The van der Waals surface area contributed by atoms with E-state index in [1.54, 1.807) is 18.2 Å². The third kappa shape index (κ3) is 2.36. The molecule has 0 N–H and O–H groups in total. The zero-order valence-corrected chi connectivity index (χ0v) is 9.88. The van der Waals surface area contributed by atoms with Crippen molar-refractivity contribution in [3.63, 3.8) is 0 Å². The third-order valence-corrected chi connectivity index (χ3v) is 2.66. The Labute approximate surface area is 99.3 Å². The van der Waals surface area contributed by atoms with Crippen LogP contribution in [0, 0.1) is 10.1 Å². The Morgan fingerprint density at radius 3 is 2.82 bits per heavy atom. The summed E-state index contributed by atoms with van der Waals surface area (Å²) in [4.78, 5) is 10.3. The molecule has 1 aromatic heterocycles. The van der Waals surface area contributed by atoms with Crippen LogP contribution in [0.2, 0.25) is 0 Å². The summed E-state index contributed by atoms with van der Waals surface area (Å²) in [6, 6.07) is 6.85. The summed E-state index contributed by atoms with van der Waals surface area (Å²) in [5.74, 6) is 0. The van der Waals surface area contributed by atoms with Gasteiger partial charge >= 0.3 is 0 Å². The Balaban J connectivity index is 2.41. The van der Waals surface area contributed by atoms with Gasteiger partial charge in [-0.15, -0.1) is 0 Å². The van der Waals surface area contributed by atoms with Gasteiger partial charge in [-0.1, -0.05) is 11.6 Å². The fraction of sp³-hybridized carbons (Fsp3) is 0.231. The molecule has 0 radical (unpaired) electrons. The molecule has 4 heteroatoms. The number of aromatic nitrogens is 1. The second kappa shape index (κ2) is 4.41. The van der Waals surface area contributed by atoms with Crippen molar-refractivity contribution in [1.82, 2.24) is 4.57 Å². The Kier molecular flexibility index (Phi) is 2.95. The molecule has 0 bridgehead atoms. The molecule has 1 heterocycles. The minimum atomic E-state index is -0.368. The van der Waals surface area contributed by atoms with E-state index in [2.05, 4.69) is 24.5 Å². The average Bonchev–Trinajstić information content (AvgIpc) is 2.68. The van der Waals surface area contributed by atoms with Crippen molar-refractivity contribution >= 4 is 16.6 Å². The molecule has 0 aliphatic rings. The molecule has 0 atom stereocenters. The van der Waals surface area contributed by atoms with E-state index in [0.717, 1.165) is 17.4 Å². The lowest BCUT2D eigenvalue weighted by molar-refractivity contribution is -0.384. The molecule has 0 saturated carbocycles. The lowest BCUT2D eigenvalue weighted by Crippen LogP contribution is -1.93. The first-order valence-corrected chi connectivity index (χ1v) is 5.44. The molecule has 0 spiro atoms. The third-order valence-electron chi connectivity index (χ3n) is 2.66. The van der Waals surface area contributed by atoms with E-state index < -0.39 is 0 Å². The van der Waals surface area contributed by atoms with E-state index in [-0.39, 0.29) is 10.6 Å². The van der Waals surface area contributed by atoms with Gasteiger partial charge in [0.1, 0.15) is 0 Å². The zero-order valence-electron chi connectivity index (χ0n) is 9.88. The Bertz CT molecular complexity index is 592. The summed E-state index contributed by atoms with van der Waals surface area (Å²) in [6.07, 6.45) is 4.08. The highest BCUT2D eigenvalue weighted by molar-refractivity contribution is 5.82. The molecule has 4 nitrogen and oxygen atoms in total. The Morgan fingerprint density at radius 2 is 2.18 bits per heavy atom. The molecule has 1 aromatic carbocycles. The van der Waals surface area contributed by atoms with Crippen molar-refractivity contribution in [1.29, 1.82) is 0 Å². The number of hydrogen-bond acceptors (Lipinski definition) is 2. The number of fused-ring (bicyclic) bond motifs is 1. The molecule has 0 fully saturated rings. The lowest BCUT2D eigenvalue weighted by atomic mass is 10.2. The highest BCUT2D eigenvalue weighted by atomic mass is 16.6. The van der Waals surface area contributed by atoms with Crippen LogP contribution in [-0.2, 0) is 6.54 Å². The van der Waals surface area contributed by atoms with Crippen molar-refractivity contribution in [3.05, 3.63) is 52.2 Å². The summed E-state index contributed by atoms with van der Waals surface area (Å²) in [6.45, 7) is 4.90. The largest absolute Gasteiger partial charge is 0.344 e. The minimum absolute atomic E-state index is 0.137. The first kappa shape index (κ1) is 11.4. The molecule has 0 unspecified atom stereocenters. The predicted octanol–water partition coefficient (Wildman–Crippen LogP) is 3.52. The van der Waals surface area contributed by atoms with Crippen LogP contribution in [0.5, 0.6) is 0 Å². The van der Waals surface area contributed by atoms with E-state index >= 15 is 0 Å². The number of nitro groups is 1. The molecule has 0 saturated heterocycles. The molecular formula is C13H14N2O2. The summed E-state index contributed by atoms with van der Waals surface area (Å²) < 4.78 is 2.08. The SMILES string of the molecule is CC(C)=CCn1ccc2cc([N+](=O)[O-])ccc21. The van der Waals surface area contributed by atoms with E-state index in [1.807, 2.05) is 12.3 Å². The van der Waals surface area contributed by atoms with Gasteiger partial charge in [-0.05, 0) is 26.0 Å². The van der Waals surface area contributed by atoms with E-state index in [1.165, 1.54) is 5.57 Å². The van der Waals surface area contributed by atoms with Gasteiger partial charge in [-0.25, -0.2) is 0 Å². The normalized spacial score (nSPS) is 10.5. The van der Waals surface area contributed by atoms with Crippen LogP contribution in [-0.4, -0.2) is 9.49 Å². The van der Waals surface area contributed by atoms with Crippen LogP contribution >= 0.6 is 0 Å². The molecule has 88 valence electrons. The number of nitro benzene ring substituents is 1. The second-order valence-corrected chi connectivity index (χ2v) is 4.25. The predicted molar refractivity (Wildman–Crippen MR) is 68.0 cm³/mol. The summed E-state index contributed by atoms with van der Waals surface area (Å²) >= 11 is 0. The summed E-state index contributed by atoms with van der Waals surface area (Å²) in [5.41, 5.74) is 2.42. The maximum atomic E-state index is 10.7. The highest BCUT2D eigenvalue weighted by Gasteiger charge is 2.07. The van der Waals surface area contributed by atoms with Gasteiger partial charge in [0.15, 0.2) is 0 Å². The van der Waals surface area contributed by atoms with Gasteiger partial charge in [0, 0.05) is 35.8 Å². The monoisotopic (exact) mass is 230 g/mol. The maximum absolute atomic E-state index is 10.7. The molecule has 2 aromatic rings. The maximum Gasteiger partial charge on any atom is 0.270 e. The van der Waals surface area contributed by atoms with Crippen molar-refractivity contribution < 1.29 is 4.92 Å². The number of non-ortho nitro benzene ring substituents is 1. The first-order chi connectivity index (χ1) is 8.08. The number of hydrogen-bond donors (Lipinski definition) is 0. The zero-order chi connectivity index (χ0) is 12.4. The van der Waals surface area contributed by atoms with Gasteiger partial charge < -0.3 is 4.57 Å². The molecular weight excluding hydrogens is 216 g/mol. The molecule has 17 heavy (non-hydrogen) atoms. The summed E-state index contributed by atoms with van der Waals surface area (Å²) in [5, 5.41) is 11.6. The van der Waals surface area contributed by atoms with E-state index in [4.69, 9.17) is 0 Å². The average molecular weight is 230 g/mol. The molecule has 0 aliphatic heterocycles. The van der Waals surface area contributed by atoms with Crippen molar-refractivity contribution in [2.75, 3.05) is 0 Å². The van der Waals surface area contributed by atoms with Crippen molar-refractivity contribution in [2.24, 2.45) is 0 Å². The fourth-order valence-corrected chi connectivity index (χ4v) is 1.74. The minimum Gasteiger partial charge on any atom is -0.344 e. The van der Waals surface area contributed by atoms with Crippen LogP contribution in [0.4, 0.5) is 5.69 Å². The van der Waals surface area contributed by atoms with Gasteiger partial charge in [0.25, 0.3) is 5.69 Å². The smallest absolute Gasteiger partial charge is 0.270 e. The quantitative estimate of drug-likeness (QED) is 0.460. The van der Waals surface area contributed by atoms with Crippen LogP contribution in [0.15, 0.2) is 42.1 Å². The van der Waals surface area contributed by atoms with Gasteiger partial charge in [-0.2, -0.15) is 0 Å². The first-order valence-electron chi connectivity index (χ1n) is 5.44. The van der Waals surface area contributed by atoms with Gasteiger partial charge in [-0.3, -0.25) is 10.1 Å². The van der Waals surface area contributed by atoms with Crippen molar-refractivity contribution in [3.8, 4) is 0 Å². The standard InChI is InChI=1S/C13H14N2O2/c1-10(2)5-7-14-8-6-11-9-12(15(16)17)3-4-13(11)14/h3-6,8-9H,7H2,1-2H3. The molecule has 0 aliphatic carbocycles. The van der Waals surface area contributed by atoms with Gasteiger partial charge in [0.05, 0.1) is 4.92 Å². The number of allylic oxidation sites excluding steroid dienone is 2. The van der Waals surface area contributed by atoms with Crippen LogP contribution < -0.4 is 0 Å². The van der Waals surface area contributed by atoms with Gasteiger partial charge in [0.2, 0.25) is 0 Å².